The van der Waals surface area contributed by atoms with Crippen LogP contribution in [0.4, 0.5) is 0 Å². The second-order valence-corrected chi connectivity index (χ2v) is 7.05. The van der Waals surface area contributed by atoms with Crippen molar-refractivity contribution >= 4 is 5.91 Å². The van der Waals surface area contributed by atoms with Crippen molar-refractivity contribution in [3.8, 4) is 11.3 Å². The van der Waals surface area contributed by atoms with Gasteiger partial charge in [0.25, 0.3) is 5.91 Å². The number of nitrogens with one attached hydrogen (secondary N) is 2. The number of aliphatic hydroxyl groups is 1. The van der Waals surface area contributed by atoms with Gasteiger partial charge in [0, 0.05) is 31.5 Å². The van der Waals surface area contributed by atoms with Crippen LogP contribution in [-0.2, 0) is 7.05 Å². The molecule has 0 spiro atoms. The molecular formula is C18H29N5O2. The summed E-state index contributed by atoms with van der Waals surface area (Å²) >= 11 is 0. The molecule has 1 unspecified atom stereocenters. The number of rotatable bonds is 8. The third kappa shape index (κ3) is 4.69. The number of nitrogens with zero attached hydrogens (tertiary/aromatic N) is 3. The van der Waals surface area contributed by atoms with E-state index >= 15 is 0 Å². The lowest BCUT2D eigenvalue weighted by molar-refractivity contribution is 0.0936. The standard InChI is InChI=1S/C18H29N5O2/c1-11(2)8-14(6-7-24)10-19-18(25)16-9-15(20-21-16)17-12(3)22-23(5)13(17)4/h9,11,14,24H,6-8,10H2,1-5H3,(H,19,25)(H,20,21). The zero-order valence-corrected chi connectivity index (χ0v) is 15.8. The lowest BCUT2D eigenvalue weighted by Gasteiger charge is -2.18. The Labute approximate surface area is 148 Å². The highest BCUT2D eigenvalue weighted by atomic mass is 16.3. The number of aromatic amines is 1. The highest BCUT2D eigenvalue weighted by Crippen LogP contribution is 2.25. The molecule has 2 rings (SSSR count). The van der Waals surface area contributed by atoms with Crippen LogP contribution in [0.3, 0.4) is 0 Å². The van der Waals surface area contributed by atoms with Crippen molar-refractivity contribution in [2.75, 3.05) is 13.2 Å². The smallest absolute Gasteiger partial charge is 0.269 e. The number of H-pyrrole nitrogens is 1. The Balaban J connectivity index is 2.05. The van der Waals surface area contributed by atoms with Gasteiger partial charge in [-0.1, -0.05) is 13.8 Å². The van der Waals surface area contributed by atoms with Gasteiger partial charge in [-0.3, -0.25) is 14.6 Å². The van der Waals surface area contributed by atoms with Gasteiger partial charge in [-0.25, -0.2) is 0 Å². The molecule has 0 radical (unpaired) electrons. The van der Waals surface area contributed by atoms with Crippen molar-refractivity contribution in [1.82, 2.24) is 25.3 Å². The van der Waals surface area contributed by atoms with E-state index in [2.05, 4.69) is 34.5 Å². The Morgan fingerprint density at radius 3 is 2.68 bits per heavy atom. The van der Waals surface area contributed by atoms with Crippen molar-refractivity contribution in [1.29, 1.82) is 0 Å². The summed E-state index contributed by atoms with van der Waals surface area (Å²) in [7, 11) is 1.89. The summed E-state index contributed by atoms with van der Waals surface area (Å²) in [6, 6.07) is 1.76. The first kappa shape index (κ1) is 19.2. The molecule has 3 N–H and O–H groups in total. The van der Waals surface area contributed by atoms with E-state index in [0.717, 1.165) is 29.1 Å². The quantitative estimate of drug-likeness (QED) is 0.682. The molecule has 0 saturated heterocycles. The summed E-state index contributed by atoms with van der Waals surface area (Å²) in [4.78, 5) is 12.4. The van der Waals surface area contributed by atoms with E-state index < -0.39 is 0 Å². The molecule has 7 nitrogen and oxygen atoms in total. The van der Waals surface area contributed by atoms with Gasteiger partial charge in [0.2, 0.25) is 0 Å². The average molecular weight is 347 g/mol. The maximum absolute atomic E-state index is 12.4. The number of aliphatic hydroxyl groups excluding tert-OH is 1. The average Bonchev–Trinajstić information content (AvgIpc) is 3.10. The Morgan fingerprint density at radius 1 is 1.40 bits per heavy atom. The van der Waals surface area contributed by atoms with Crippen molar-refractivity contribution < 1.29 is 9.90 Å². The van der Waals surface area contributed by atoms with E-state index in [0.29, 0.717) is 24.6 Å². The predicted molar refractivity (Wildman–Crippen MR) is 97.2 cm³/mol. The molecule has 7 heteroatoms. The topological polar surface area (TPSA) is 95.8 Å². The molecule has 0 saturated carbocycles. The number of hydrogen-bond acceptors (Lipinski definition) is 4. The Morgan fingerprint density at radius 2 is 2.12 bits per heavy atom. The molecule has 0 aliphatic rings. The maximum Gasteiger partial charge on any atom is 0.269 e. The lowest BCUT2D eigenvalue weighted by atomic mass is 9.94. The number of carbonyl (C=O) groups excluding carboxylic acids is 1. The van der Waals surface area contributed by atoms with Crippen LogP contribution < -0.4 is 5.32 Å². The molecule has 0 bridgehead atoms. The molecule has 0 aliphatic carbocycles. The van der Waals surface area contributed by atoms with Gasteiger partial charge >= 0.3 is 0 Å². The summed E-state index contributed by atoms with van der Waals surface area (Å²) in [5.41, 5.74) is 4.01. The zero-order chi connectivity index (χ0) is 18.6. The van der Waals surface area contributed by atoms with E-state index in [1.54, 1.807) is 6.07 Å². The lowest BCUT2D eigenvalue weighted by Crippen LogP contribution is -2.30. The van der Waals surface area contributed by atoms with Crippen molar-refractivity contribution in [3.63, 3.8) is 0 Å². The largest absolute Gasteiger partial charge is 0.396 e. The molecule has 138 valence electrons. The van der Waals surface area contributed by atoms with E-state index in [1.807, 2.05) is 25.6 Å². The monoisotopic (exact) mass is 347 g/mol. The summed E-state index contributed by atoms with van der Waals surface area (Å²) in [5.74, 6) is 0.632. The molecular weight excluding hydrogens is 318 g/mol. The van der Waals surface area contributed by atoms with Crippen molar-refractivity contribution in [2.45, 2.75) is 40.5 Å². The predicted octanol–water partition coefficient (Wildman–Crippen LogP) is 2.20. The summed E-state index contributed by atoms with van der Waals surface area (Å²) in [5, 5.41) is 23.6. The normalized spacial score (nSPS) is 12.6. The molecule has 2 heterocycles. The van der Waals surface area contributed by atoms with E-state index in [9.17, 15) is 9.90 Å². The molecule has 1 atom stereocenters. The van der Waals surface area contributed by atoms with Gasteiger partial charge in [-0.05, 0) is 44.6 Å². The fraction of sp³-hybridized carbons (Fsp3) is 0.611. The minimum Gasteiger partial charge on any atom is -0.396 e. The van der Waals surface area contributed by atoms with Gasteiger partial charge in [0.05, 0.1) is 11.4 Å². The van der Waals surface area contributed by atoms with Crippen LogP contribution in [0, 0.1) is 25.7 Å². The number of hydrogen-bond donors (Lipinski definition) is 3. The minimum absolute atomic E-state index is 0.140. The first-order valence-electron chi connectivity index (χ1n) is 8.78. The number of carbonyl (C=O) groups is 1. The third-order valence-electron chi connectivity index (χ3n) is 4.48. The Kier molecular flexibility index (Phi) is 6.36. The zero-order valence-electron chi connectivity index (χ0n) is 15.8. The molecule has 2 aromatic rings. The maximum atomic E-state index is 12.4. The fourth-order valence-electron chi connectivity index (χ4n) is 3.20. The summed E-state index contributed by atoms with van der Waals surface area (Å²) in [6.07, 6.45) is 1.67. The van der Waals surface area contributed by atoms with Crippen molar-refractivity contribution in [3.05, 3.63) is 23.1 Å². The van der Waals surface area contributed by atoms with Gasteiger partial charge in [-0.15, -0.1) is 0 Å². The first-order valence-corrected chi connectivity index (χ1v) is 8.78. The van der Waals surface area contributed by atoms with Gasteiger partial charge in [0.1, 0.15) is 5.69 Å². The van der Waals surface area contributed by atoms with Gasteiger partial charge < -0.3 is 10.4 Å². The van der Waals surface area contributed by atoms with Crippen LogP contribution in [0.15, 0.2) is 6.07 Å². The number of aryl methyl sites for hydroxylation is 2. The van der Waals surface area contributed by atoms with E-state index in [4.69, 9.17) is 0 Å². The van der Waals surface area contributed by atoms with E-state index in [1.165, 1.54) is 0 Å². The molecule has 2 aromatic heterocycles. The molecule has 25 heavy (non-hydrogen) atoms. The molecule has 0 aromatic carbocycles. The van der Waals surface area contributed by atoms with Crippen LogP contribution >= 0.6 is 0 Å². The van der Waals surface area contributed by atoms with Crippen LogP contribution in [0.5, 0.6) is 0 Å². The number of amides is 1. The third-order valence-corrected chi connectivity index (χ3v) is 4.48. The van der Waals surface area contributed by atoms with Gasteiger partial charge in [0.15, 0.2) is 0 Å². The minimum atomic E-state index is -0.176. The second-order valence-electron chi connectivity index (χ2n) is 7.05. The van der Waals surface area contributed by atoms with Crippen LogP contribution in [0.2, 0.25) is 0 Å². The first-order chi connectivity index (χ1) is 11.8. The van der Waals surface area contributed by atoms with Crippen LogP contribution in [-0.4, -0.2) is 44.1 Å². The summed E-state index contributed by atoms with van der Waals surface area (Å²) in [6.45, 7) is 8.90. The van der Waals surface area contributed by atoms with Crippen molar-refractivity contribution in [2.24, 2.45) is 18.9 Å². The molecule has 0 fully saturated rings. The highest BCUT2D eigenvalue weighted by molar-refractivity contribution is 5.93. The van der Waals surface area contributed by atoms with Crippen LogP contribution in [0.25, 0.3) is 11.3 Å². The molecule has 0 aliphatic heterocycles. The Bertz CT molecular complexity index is 717. The van der Waals surface area contributed by atoms with Crippen LogP contribution in [0.1, 0.15) is 48.6 Å². The van der Waals surface area contributed by atoms with Gasteiger partial charge in [-0.2, -0.15) is 10.2 Å². The SMILES string of the molecule is Cc1nn(C)c(C)c1-c1cc(C(=O)NCC(CCO)CC(C)C)[nH]n1. The summed E-state index contributed by atoms with van der Waals surface area (Å²) < 4.78 is 1.81. The second kappa shape index (κ2) is 8.29. The van der Waals surface area contributed by atoms with E-state index in [-0.39, 0.29) is 18.4 Å². The molecule has 1 amide bonds. The number of aromatic nitrogens is 4. The fourth-order valence-corrected chi connectivity index (χ4v) is 3.20. The highest BCUT2D eigenvalue weighted by Gasteiger charge is 2.18. The Hall–Kier alpha value is -2.15.